The summed E-state index contributed by atoms with van der Waals surface area (Å²) in [4.78, 5) is 16.7. The molecule has 0 bridgehead atoms. The lowest BCUT2D eigenvalue weighted by Gasteiger charge is -2.04. The van der Waals surface area contributed by atoms with Gasteiger partial charge in [0.1, 0.15) is 0 Å². The first kappa shape index (κ1) is 12.0. The second kappa shape index (κ2) is 4.39. The first-order chi connectivity index (χ1) is 10.3. The Balaban J connectivity index is 2.21. The number of hydrazone groups is 1. The molecular formula is C15H9N3O2S. The van der Waals surface area contributed by atoms with Gasteiger partial charge in [-0.2, -0.15) is 5.10 Å². The molecule has 0 saturated carbocycles. The summed E-state index contributed by atoms with van der Waals surface area (Å²) in [5.41, 5.74) is 4.41. The third-order valence-electron chi connectivity index (χ3n) is 3.43. The zero-order valence-electron chi connectivity index (χ0n) is 10.7. The molecule has 0 atom stereocenters. The normalized spacial score (nSPS) is 13.6. The highest BCUT2D eigenvalue weighted by Crippen LogP contribution is 2.39. The molecule has 102 valence electrons. The molecule has 0 unspecified atom stereocenters. The quantitative estimate of drug-likeness (QED) is 0.724. The third-order valence-corrected chi connectivity index (χ3v) is 4.52. The van der Waals surface area contributed by atoms with Crippen LogP contribution in [0.1, 0.15) is 10.4 Å². The van der Waals surface area contributed by atoms with Crippen LogP contribution in [0.2, 0.25) is 0 Å². The van der Waals surface area contributed by atoms with Crippen molar-refractivity contribution < 1.29 is 9.90 Å². The van der Waals surface area contributed by atoms with Gasteiger partial charge in [-0.1, -0.05) is 6.07 Å². The van der Waals surface area contributed by atoms with Gasteiger partial charge in [-0.3, -0.25) is 10.4 Å². The van der Waals surface area contributed by atoms with Gasteiger partial charge in [0.15, 0.2) is 0 Å². The van der Waals surface area contributed by atoms with E-state index in [0.717, 1.165) is 25.9 Å². The zero-order chi connectivity index (χ0) is 14.4. The van der Waals surface area contributed by atoms with E-state index in [-0.39, 0.29) is 5.57 Å². The van der Waals surface area contributed by atoms with E-state index < -0.39 is 5.97 Å². The van der Waals surface area contributed by atoms with Crippen molar-refractivity contribution in [1.82, 2.24) is 10.4 Å². The average molecular weight is 295 g/mol. The SMILES string of the molecule is O=C(O)C1=CNN=Cc2sc3ccc4ncccc4c3c21. The first-order valence-electron chi connectivity index (χ1n) is 6.28. The van der Waals surface area contributed by atoms with E-state index in [4.69, 9.17) is 0 Å². The van der Waals surface area contributed by atoms with Crippen LogP contribution in [0.5, 0.6) is 0 Å². The number of aliphatic carboxylic acids is 1. The van der Waals surface area contributed by atoms with Gasteiger partial charge in [0.2, 0.25) is 0 Å². The van der Waals surface area contributed by atoms with E-state index in [1.807, 2.05) is 24.3 Å². The Kier molecular flexibility index (Phi) is 2.52. The lowest BCUT2D eigenvalue weighted by molar-refractivity contribution is -0.130. The fourth-order valence-corrected chi connectivity index (χ4v) is 3.67. The number of aromatic nitrogens is 1. The maximum atomic E-state index is 11.6. The predicted molar refractivity (Wildman–Crippen MR) is 83.5 cm³/mol. The summed E-state index contributed by atoms with van der Waals surface area (Å²) in [6.45, 7) is 0. The second-order valence-corrected chi connectivity index (χ2v) is 5.68. The molecule has 4 rings (SSSR count). The van der Waals surface area contributed by atoms with Crippen molar-refractivity contribution in [2.45, 2.75) is 0 Å². The molecule has 5 nitrogen and oxygen atoms in total. The number of nitrogens with one attached hydrogen (secondary N) is 1. The van der Waals surface area contributed by atoms with Crippen LogP contribution in [-0.2, 0) is 4.79 Å². The van der Waals surface area contributed by atoms with Crippen molar-refractivity contribution in [2.75, 3.05) is 0 Å². The van der Waals surface area contributed by atoms with Crippen LogP contribution in [0.4, 0.5) is 0 Å². The van der Waals surface area contributed by atoms with Gasteiger partial charge in [-0.15, -0.1) is 11.3 Å². The number of hydrogen-bond acceptors (Lipinski definition) is 5. The number of hydrogen-bond donors (Lipinski definition) is 2. The van der Waals surface area contributed by atoms with Gasteiger partial charge in [0.05, 0.1) is 22.2 Å². The highest BCUT2D eigenvalue weighted by molar-refractivity contribution is 7.21. The van der Waals surface area contributed by atoms with Crippen LogP contribution in [0, 0.1) is 0 Å². The summed E-state index contributed by atoms with van der Waals surface area (Å²) >= 11 is 1.53. The summed E-state index contributed by atoms with van der Waals surface area (Å²) in [7, 11) is 0. The first-order valence-corrected chi connectivity index (χ1v) is 7.10. The number of nitrogens with zero attached hydrogens (tertiary/aromatic N) is 2. The van der Waals surface area contributed by atoms with E-state index in [1.165, 1.54) is 17.5 Å². The Morgan fingerprint density at radius 3 is 3.05 bits per heavy atom. The van der Waals surface area contributed by atoms with Crippen LogP contribution in [-0.4, -0.2) is 22.3 Å². The van der Waals surface area contributed by atoms with Gasteiger partial charge < -0.3 is 5.11 Å². The lowest BCUT2D eigenvalue weighted by Crippen LogP contribution is -2.03. The van der Waals surface area contributed by atoms with Crippen molar-refractivity contribution >= 4 is 50.1 Å². The summed E-state index contributed by atoms with van der Waals surface area (Å²) < 4.78 is 1.03. The van der Waals surface area contributed by atoms with Crippen LogP contribution >= 0.6 is 11.3 Å². The predicted octanol–water partition coefficient (Wildman–Crippen LogP) is 2.81. The number of carboxylic acids is 1. The molecule has 1 aliphatic rings. The standard InChI is InChI=1S/C15H9N3O2S/c19-15(20)9-6-17-18-7-12-14(9)13-8-2-1-5-16-10(8)3-4-11(13)21-12/h1-7,17H,(H,19,20). The number of fused-ring (bicyclic) bond motifs is 5. The molecule has 0 radical (unpaired) electrons. The number of benzene rings is 1. The monoisotopic (exact) mass is 295 g/mol. The molecule has 0 saturated heterocycles. The fraction of sp³-hybridized carbons (Fsp3) is 0. The molecular weight excluding hydrogens is 286 g/mol. The number of pyridine rings is 1. The smallest absolute Gasteiger partial charge is 0.337 e. The van der Waals surface area contributed by atoms with E-state index in [2.05, 4.69) is 15.5 Å². The topological polar surface area (TPSA) is 74.6 Å². The fourth-order valence-electron chi connectivity index (χ4n) is 2.56. The van der Waals surface area contributed by atoms with Crippen molar-refractivity contribution in [3.8, 4) is 0 Å². The molecule has 21 heavy (non-hydrogen) atoms. The number of carbonyl (C=O) groups is 1. The molecule has 1 aromatic carbocycles. The molecule has 0 aliphatic carbocycles. The third kappa shape index (κ3) is 1.73. The van der Waals surface area contributed by atoms with Gasteiger partial charge >= 0.3 is 5.97 Å². The van der Waals surface area contributed by atoms with Crippen LogP contribution < -0.4 is 5.43 Å². The van der Waals surface area contributed by atoms with Crippen LogP contribution in [0.15, 0.2) is 41.8 Å². The molecule has 0 spiro atoms. The number of rotatable bonds is 1. The summed E-state index contributed by atoms with van der Waals surface area (Å²) in [6.07, 6.45) is 4.82. The number of carboxylic acid groups (broad SMARTS) is 1. The summed E-state index contributed by atoms with van der Waals surface area (Å²) in [5, 5.41) is 15.4. The van der Waals surface area contributed by atoms with Crippen molar-refractivity contribution in [1.29, 1.82) is 0 Å². The molecule has 6 heteroatoms. The maximum absolute atomic E-state index is 11.6. The minimum Gasteiger partial charge on any atom is -0.478 e. The van der Waals surface area contributed by atoms with Gasteiger partial charge in [0, 0.05) is 33.4 Å². The number of thiophene rings is 1. The highest BCUT2D eigenvalue weighted by Gasteiger charge is 2.22. The van der Waals surface area contributed by atoms with E-state index in [9.17, 15) is 9.90 Å². The Morgan fingerprint density at radius 2 is 2.19 bits per heavy atom. The van der Waals surface area contributed by atoms with Crippen molar-refractivity contribution in [3.05, 3.63) is 47.1 Å². The Hall–Kier alpha value is -2.73. The molecule has 3 heterocycles. The highest BCUT2D eigenvalue weighted by atomic mass is 32.1. The van der Waals surface area contributed by atoms with Crippen molar-refractivity contribution in [2.24, 2.45) is 5.10 Å². The van der Waals surface area contributed by atoms with Gasteiger partial charge in [0.25, 0.3) is 0 Å². The molecule has 3 aromatic rings. The summed E-state index contributed by atoms with van der Waals surface area (Å²) in [5.74, 6) is -0.977. The maximum Gasteiger partial charge on any atom is 0.337 e. The Morgan fingerprint density at radius 1 is 1.29 bits per heavy atom. The minimum absolute atomic E-state index is 0.213. The summed E-state index contributed by atoms with van der Waals surface area (Å²) in [6, 6.07) is 7.75. The van der Waals surface area contributed by atoms with E-state index in [0.29, 0.717) is 5.56 Å². The van der Waals surface area contributed by atoms with E-state index >= 15 is 0 Å². The van der Waals surface area contributed by atoms with E-state index in [1.54, 1.807) is 12.4 Å². The van der Waals surface area contributed by atoms with Crippen LogP contribution in [0.3, 0.4) is 0 Å². The Labute approximate surface area is 123 Å². The van der Waals surface area contributed by atoms with Gasteiger partial charge in [-0.25, -0.2) is 4.79 Å². The minimum atomic E-state index is -0.977. The molecule has 2 N–H and O–H groups in total. The van der Waals surface area contributed by atoms with Crippen LogP contribution in [0.25, 0.3) is 26.6 Å². The lowest BCUT2D eigenvalue weighted by atomic mass is 10.00. The van der Waals surface area contributed by atoms with Crippen molar-refractivity contribution in [3.63, 3.8) is 0 Å². The second-order valence-electron chi connectivity index (χ2n) is 4.60. The Bertz CT molecular complexity index is 956. The van der Waals surface area contributed by atoms with Gasteiger partial charge in [-0.05, 0) is 18.2 Å². The zero-order valence-corrected chi connectivity index (χ0v) is 11.5. The molecule has 2 aromatic heterocycles. The molecule has 1 aliphatic heterocycles. The molecule has 0 amide bonds. The molecule has 0 fully saturated rings. The largest absolute Gasteiger partial charge is 0.478 e. The average Bonchev–Trinajstić information content (AvgIpc) is 2.73.